The van der Waals surface area contributed by atoms with Gasteiger partial charge in [0.05, 0.1) is 12.2 Å². The first-order valence-electron chi connectivity index (χ1n) is 9.23. The number of nitrogens with zero attached hydrogens (tertiary/aromatic N) is 3. The SMILES string of the molecule is Cc1cnn(C2(C(=O)O)CCN(C(=O)[C@H](N)C3CCCCC3)CC2)c1. The van der Waals surface area contributed by atoms with Crippen LogP contribution in [0.3, 0.4) is 0 Å². The lowest BCUT2D eigenvalue weighted by molar-refractivity contribution is -0.154. The highest BCUT2D eigenvalue weighted by atomic mass is 16.4. The molecule has 25 heavy (non-hydrogen) atoms. The number of amides is 1. The van der Waals surface area contributed by atoms with Crippen molar-refractivity contribution in [1.82, 2.24) is 14.7 Å². The number of aromatic nitrogens is 2. The number of aliphatic carboxylic acids is 1. The van der Waals surface area contributed by atoms with Gasteiger partial charge in [-0.1, -0.05) is 19.3 Å². The lowest BCUT2D eigenvalue weighted by atomic mass is 9.82. The summed E-state index contributed by atoms with van der Waals surface area (Å²) in [5.41, 5.74) is 6.10. The first-order chi connectivity index (χ1) is 11.9. The largest absolute Gasteiger partial charge is 0.479 e. The molecule has 0 spiro atoms. The predicted molar refractivity (Wildman–Crippen MR) is 92.9 cm³/mol. The van der Waals surface area contributed by atoms with Crippen molar-refractivity contribution in [3.63, 3.8) is 0 Å². The first kappa shape index (κ1) is 17.9. The molecular weight excluding hydrogens is 320 g/mol. The molecule has 0 unspecified atom stereocenters. The van der Waals surface area contributed by atoms with Gasteiger partial charge in [-0.05, 0) is 31.2 Å². The minimum absolute atomic E-state index is 0.0254. The Morgan fingerprint density at radius 3 is 2.44 bits per heavy atom. The molecule has 0 radical (unpaired) electrons. The van der Waals surface area contributed by atoms with Crippen LogP contribution in [0.5, 0.6) is 0 Å². The van der Waals surface area contributed by atoms with E-state index in [0.29, 0.717) is 25.9 Å². The molecule has 0 bridgehead atoms. The molecule has 1 aromatic heterocycles. The van der Waals surface area contributed by atoms with Crippen LogP contribution in [0, 0.1) is 12.8 Å². The number of hydrogen-bond donors (Lipinski definition) is 2. The number of nitrogens with two attached hydrogens (primary N) is 1. The molecule has 7 nitrogen and oxygen atoms in total. The monoisotopic (exact) mass is 348 g/mol. The van der Waals surface area contributed by atoms with Gasteiger partial charge in [0.1, 0.15) is 0 Å². The van der Waals surface area contributed by atoms with Crippen LogP contribution in [0.15, 0.2) is 12.4 Å². The normalized spacial score (nSPS) is 22.6. The lowest BCUT2D eigenvalue weighted by Crippen LogP contribution is -2.56. The maximum Gasteiger partial charge on any atom is 0.331 e. The summed E-state index contributed by atoms with van der Waals surface area (Å²) in [4.78, 5) is 26.5. The molecule has 1 saturated heterocycles. The maximum atomic E-state index is 12.7. The molecule has 1 aliphatic heterocycles. The van der Waals surface area contributed by atoms with Gasteiger partial charge < -0.3 is 15.7 Å². The van der Waals surface area contributed by atoms with Crippen LogP contribution < -0.4 is 5.73 Å². The molecule has 3 N–H and O–H groups in total. The van der Waals surface area contributed by atoms with Gasteiger partial charge in [0.25, 0.3) is 0 Å². The third-order valence-corrected chi connectivity index (χ3v) is 5.89. The van der Waals surface area contributed by atoms with Crippen LogP contribution in [-0.4, -0.2) is 50.8 Å². The van der Waals surface area contributed by atoms with Gasteiger partial charge in [0.15, 0.2) is 5.54 Å². The average Bonchev–Trinajstić information content (AvgIpc) is 3.08. The molecule has 1 atom stereocenters. The van der Waals surface area contributed by atoms with Gasteiger partial charge in [-0.15, -0.1) is 0 Å². The number of likely N-dealkylation sites (tertiary alicyclic amines) is 1. The highest BCUT2D eigenvalue weighted by molar-refractivity contribution is 5.83. The molecule has 0 aromatic carbocycles. The molecule has 1 amide bonds. The van der Waals surface area contributed by atoms with Crippen LogP contribution in [0.2, 0.25) is 0 Å². The van der Waals surface area contributed by atoms with Crippen molar-refractivity contribution in [2.75, 3.05) is 13.1 Å². The van der Waals surface area contributed by atoms with E-state index in [0.717, 1.165) is 31.2 Å². The second-order valence-electron chi connectivity index (χ2n) is 7.55. The Hall–Kier alpha value is -1.89. The lowest BCUT2D eigenvalue weighted by Gasteiger charge is -2.40. The molecule has 1 aliphatic carbocycles. The molecule has 3 rings (SSSR count). The van der Waals surface area contributed by atoms with Gasteiger partial charge in [0.2, 0.25) is 5.91 Å². The van der Waals surface area contributed by atoms with E-state index in [1.807, 2.05) is 6.92 Å². The number of carboxylic acid groups (broad SMARTS) is 1. The summed E-state index contributed by atoms with van der Waals surface area (Å²) >= 11 is 0. The average molecular weight is 348 g/mol. The molecular formula is C18H28N4O3. The Kier molecular flexibility index (Phi) is 5.13. The third kappa shape index (κ3) is 3.42. The van der Waals surface area contributed by atoms with E-state index < -0.39 is 17.6 Å². The van der Waals surface area contributed by atoms with Gasteiger partial charge in [0, 0.05) is 32.1 Å². The van der Waals surface area contributed by atoms with Crippen LogP contribution in [0.1, 0.15) is 50.5 Å². The predicted octanol–water partition coefficient (Wildman–Crippen LogP) is 1.50. The topological polar surface area (TPSA) is 101 Å². The number of aryl methyl sites for hydroxylation is 1. The molecule has 7 heteroatoms. The Morgan fingerprint density at radius 2 is 1.92 bits per heavy atom. The van der Waals surface area contributed by atoms with Crippen molar-refractivity contribution in [2.24, 2.45) is 11.7 Å². The van der Waals surface area contributed by atoms with Crippen LogP contribution in [0.4, 0.5) is 0 Å². The Labute approximate surface area is 148 Å². The van der Waals surface area contributed by atoms with Gasteiger partial charge >= 0.3 is 5.97 Å². The summed E-state index contributed by atoms with van der Waals surface area (Å²) in [6, 6.07) is -0.454. The summed E-state index contributed by atoms with van der Waals surface area (Å²) < 4.78 is 1.55. The molecule has 2 fully saturated rings. The van der Waals surface area contributed by atoms with Gasteiger partial charge in [-0.2, -0.15) is 5.10 Å². The van der Waals surface area contributed by atoms with Crippen molar-refractivity contribution in [1.29, 1.82) is 0 Å². The van der Waals surface area contributed by atoms with E-state index in [2.05, 4.69) is 5.10 Å². The van der Waals surface area contributed by atoms with Crippen molar-refractivity contribution < 1.29 is 14.7 Å². The molecule has 2 aliphatic rings. The smallest absolute Gasteiger partial charge is 0.331 e. The van der Waals surface area contributed by atoms with Crippen LogP contribution >= 0.6 is 0 Å². The quantitative estimate of drug-likeness (QED) is 0.859. The Morgan fingerprint density at radius 1 is 1.28 bits per heavy atom. The highest BCUT2D eigenvalue weighted by Gasteiger charge is 2.45. The number of carboxylic acids is 1. The molecule has 1 aromatic rings. The van der Waals surface area contributed by atoms with E-state index in [-0.39, 0.29) is 11.8 Å². The van der Waals surface area contributed by atoms with Crippen LogP contribution in [0.25, 0.3) is 0 Å². The fourth-order valence-electron chi connectivity index (χ4n) is 4.19. The van der Waals surface area contributed by atoms with Crippen molar-refractivity contribution in [3.05, 3.63) is 18.0 Å². The molecule has 138 valence electrons. The van der Waals surface area contributed by atoms with Crippen molar-refractivity contribution in [2.45, 2.75) is 63.5 Å². The minimum Gasteiger partial charge on any atom is -0.479 e. The van der Waals surface area contributed by atoms with E-state index in [1.54, 1.807) is 22.0 Å². The summed E-state index contributed by atoms with van der Waals surface area (Å²) in [5.74, 6) is -0.650. The first-order valence-corrected chi connectivity index (χ1v) is 9.23. The number of piperidine rings is 1. The Bertz CT molecular complexity index is 628. The van der Waals surface area contributed by atoms with E-state index in [9.17, 15) is 14.7 Å². The number of carbonyl (C=O) groups is 2. The summed E-state index contributed by atoms with van der Waals surface area (Å²) in [7, 11) is 0. The second-order valence-corrected chi connectivity index (χ2v) is 7.55. The Balaban J connectivity index is 1.67. The maximum absolute atomic E-state index is 12.7. The van der Waals surface area contributed by atoms with Gasteiger partial charge in [-0.25, -0.2) is 4.79 Å². The fourth-order valence-corrected chi connectivity index (χ4v) is 4.19. The number of carbonyl (C=O) groups excluding carboxylic acids is 1. The fraction of sp³-hybridized carbons (Fsp3) is 0.722. The van der Waals surface area contributed by atoms with E-state index >= 15 is 0 Å². The zero-order valence-corrected chi connectivity index (χ0v) is 14.9. The summed E-state index contributed by atoms with van der Waals surface area (Å²) in [6.07, 6.45) is 9.70. The van der Waals surface area contributed by atoms with E-state index in [1.165, 1.54) is 6.42 Å². The van der Waals surface area contributed by atoms with Crippen LogP contribution in [-0.2, 0) is 15.1 Å². The third-order valence-electron chi connectivity index (χ3n) is 5.89. The summed E-state index contributed by atoms with van der Waals surface area (Å²) in [6.45, 7) is 2.70. The number of hydrogen-bond acceptors (Lipinski definition) is 4. The minimum atomic E-state index is -1.07. The van der Waals surface area contributed by atoms with Gasteiger partial charge in [-0.3, -0.25) is 9.48 Å². The van der Waals surface area contributed by atoms with Crippen molar-refractivity contribution >= 4 is 11.9 Å². The van der Waals surface area contributed by atoms with E-state index in [4.69, 9.17) is 5.73 Å². The second kappa shape index (κ2) is 7.15. The standard InChI is InChI=1S/C18H28N4O3/c1-13-11-20-22(12-13)18(17(24)25)7-9-21(10-8-18)16(23)15(19)14-5-3-2-4-6-14/h11-12,14-15H,2-10,19H2,1H3,(H,24,25)/t15-/m1/s1. The zero-order valence-electron chi connectivity index (χ0n) is 14.9. The molecule has 2 heterocycles. The summed E-state index contributed by atoms with van der Waals surface area (Å²) in [5, 5.41) is 14.0. The number of rotatable bonds is 4. The van der Waals surface area contributed by atoms with Crippen molar-refractivity contribution in [3.8, 4) is 0 Å². The zero-order chi connectivity index (χ0) is 18.0. The molecule has 1 saturated carbocycles. The highest BCUT2D eigenvalue weighted by Crippen LogP contribution is 2.32.